The van der Waals surface area contributed by atoms with Crippen molar-refractivity contribution in [3.05, 3.63) is 39.9 Å². The van der Waals surface area contributed by atoms with Crippen molar-refractivity contribution in [3.63, 3.8) is 0 Å². The van der Waals surface area contributed by atoms with Gasteiger partial charge in [-0.1, -0.05) is 37.5 Å². The molecular formula is C15H22N2O3. The number of hydrogen-bond acceptors (Lipinski definition) is 4. The molecule has 1 aromatic carbocycles. The second-order valence-electron chi connectivity index (χ2n) is 5.52. The fourth-order valence-corrected chi connectivity index (χ4v) is 2.91. The Balaban J connectivity index is 2.11. The average Bonchev–Trinajstić information content (AvgIpc) is 2.64. The van der Waals surface area contributed by atoms with Crippen LogP contribution in [0.4, 0.5) is 5.69 Å². The molecule has 2 N–H and O–H groups in total. The molecule has 0 heterocycles. The molecule has 3 atom stereocenters. The number of aliphatic hydroxyl groups is 1. The van der Waals surface area contributed by atoms with Gasteiger partial charge in [-0.3, -0.25) is 10.1 Å². The summed E-state index contributed by atoms with van der Waals surface area (Å²) in [5.41, 5.74) is 0.810. The lowest BCUT2D eigenvalue weighted by molar-refractivity contribution is -0.385. The van der Waals surface area contributed by atoms with E-state index in [4.69, 9.17) is 0 Å². The molecule has 110 valence electrons. The van der Waals surface area contributed by atoms with Crippen LogP contribution in [-0.2, 0) is 0 Å². The Kier molecular flexibility index (Phi) is 5.09. The van der Waals surface area contributed by atoms with Gasteiger partial charge in [0.1, 0.15) is 0 Å². The first-order chi connectivity index (χ1) is 9.59. The van der Waals surface area contributed by atoms with Crippen LogP contribution in [-0.4, -0.2) is 22.2 Å². The number of nitrogens with one attached hydrogen (secondary N) is 1. The quantitative estimate of drug-likeness (QED) is 0.504. The summed E-state index contributed by atoms with van der Waals surface area (Å²) < 4.78 is 0. The second kappa shape index (κ2) is 6.81. The summed E-state index contributed by atoms with van der Waals surface area (Å²) in [5, 5.41) is 24.6. The molecule has 1 saturated carbocycles. The lowest BCUT2D eigenvalue weighted by Crippen LogP contribution is -2.40. The van der Waals surface area contributed by atoms with E-state index < -0.39 is 0 Å². The van der Waals surface area contributed by atoms with Crippen molar-refractivity contribution in [2.45, 2.75) is 57.2 Å². The maximum Gasteiger partial charge on any atom is 0.274 e. The molecule has 5 heteroatoms. The summed E-state index contributed by atoms with van der Waals surface area (Å²) >= 11 is 0. The zero-order valence-electron chi connectivity index (χ0n) is 11.8. The molecule has 0 radical (unpaired) electrons. The Morgan fingerprint density at radius 2 is 2.00 bits per heavy atom. The molecule has 0 bridgehead atoms. The van der Waals surface area contributed by atoms with Crippen LogP contribution in [0.25, 0.3) is 0 Å². The summed E-state index contributed by atoms with van der Waals surface area (Å²) in [6, 6.07) is 6.66. The average molecular weight is 278 g/mol. The summed E-state index contributed by atoms with van der Waals surface area (Å²) in [5.74, 6) is 0. The summed E-state index contributed by atoms with van der Waals surface area (Å²) in [4.78, 5) is 10.7. The highest BCUT2D eigenvalue weighted by Crippen LogP contribution is 2.27. The molecular weight excluding hydrogens is 256 g/mol. The van der Waals surface area contributed by atoms with E-state index in [9.17, 15) is 15.2 Å². The lowest BCUT2D eigenvalue weighted by atomic mass is 10.0. The van der Waals surface area contributed by atoms with Crippen LogP contribution < -0.4 is 5.32 Å². The first-order valence-electron chi connectivity index (χ1n) is 7.27. The minimum Gasteiger partial charge on any atom is -0.392 e. The Labute approximate surface area is 119 Å². The van der Waals surface area contributed by atoms with Crippen LogP contribution in [0.5, 0.6) is 0 Å². The third kappa shape index (κ3) is 3.55. The van der Waals surface area contributed by atoms with Crippen molar-refractivity contribution in [3.8, 4) is 0 Å². The smallest absolute Gasteiger partial charge is 0.274 e. The van der Waals surface area contributed by atoms with E-state index in [-0.39, 0.29) is 28.8 Å². The van der Waals surface area contributed by atoms with Crippen molar-refractivity contribution >= 4 is 5.69 Å². The fraction of sp³-hybridized carbons (Fsp3) is 0.600. The van der Waals surface area contributed by atoms with Gasteiger partial charge in [-0.2, -0.15) is 0 Å². The van der Waals surface area contributed by atoms with Crippen molar-refractivity contribution in [1.29, 1.82) is 0 Å². The molecule has 2 rings (SSSR count). The topological polar surface area (TPSA) is 75.4 Å². The standard InChI is InChI=1S/C15H22N2O3/c1-11(12-7-5-6-9-14(12)17(19)20)16-13-8-3-2-4-10-15(13)18/h5-7,9,11,13,15-16,18H,2-4,8,10H2,1H3. The van der Waals surface area contributed by atoms with Gasteiger partial charge in [-0.15, -0.1) is 0 Å². The number of rotatable bonds is 4. The first kappa shape index (κ1) is 14.9. The molecule has 1 fully saturated rings. The highest BCUT2D eigenvalue weighted by molar-refractivity contribution is 5.41. The Morgan fingerprint density at radius 3 is 2.75 bits per heavy atom. The van der Waals surface area contributed by atoms with Crippen molar-refractivity contribution in [1.82, 2.24) is 5.32 Å². The molecule has 20 heavy (non-hydrogen) atoms. The molecule has 0 saturated heterocycles. The maximum atomic E-state index is 11.1. The number of nitrogens with zero attached hydrogens (tertiary/aromatic N) is 1. The van der Waals surface area contributed by atoms with Crippen LogP contribution in [0, 0.1) is 10.1 Å². The lowest BCUT2D eigenvalue weighted by Gasteiger charge is -2.26. The monoisotopic (exact) mass is 278 g/mol. The SMILES string of the molecule is CC(NC1CCCCCC1O)c1ccccc1[N+](=O)[O-]. The highest BCUT2D eigenvalue weighted by atomic mass is 16.6. The third-order valence-electron chi connectivity index (χ3n) is 4.04. The maximum absolute atomic E-state index is 11.1. The number of nitro groups is 1. The van der Waals surface area contributed by atoms with Crippen LogP contribution in [0.15, 0.2) is 24.3 Å². The molecule has 0 aliphatic heterocycles. The van der Waals surface area contributed by atoms with Gasteiger partial charge in [0.25, 0.3) is 5.69 Å². The van der Waals surface area contributed by atoms with E-state index in [1.807, 2.05) is 13.0 Å². The van der Waals surface area contributed by atoms with Gasteiger partial charge in [0.05, 0.1) is 11.0 Å². The predicted octanol–water partition coefficient (Wildman–Crippen LogP) is 2.94. The minimum absolute atomic E-state index is 0.0207. The van der Waals surface area contributed by atoms with Crippen molar-refractivity contribution < 1.29 is 10.0 Å². The van der Waals surface area contributed by atoms with Gasteiger partial charge in [0.15, 0.2) is 0 Å². The zero-order chi connectivity index (χ0) is 14.5. The van der Waals surface area contributed by atoms with Gasteiger partial charge in [0.2, 0.25) is 0 Å². The number of hydrogen-bond donors (Lipinski definition) is 2. The molecule has 1 aliphatic rings. The van der Waals surface area contributed by atoms with Crippen LogP contribution in [0.1, 0.15) is 50.6 Å². The van der Waals surface area contributed by atoms with E-state index in [2.05, 4.69) is 5.32 Å². The van der Waals surface area contributed by atoms with Gasteiger partial charge in [-0.05, 0) is 19.8 Å². The van der Waals surface area contributed by atoms with Gasteiger partial charge in [-0.25, -0.2) is 0 Å². The van der Waals surface area contributed by atoms with Crippen LogP contribution in [0.3, 0.4) is 0 Å². The Morgan fingerprint density at radius 1 is 1.30 bits per heavy atom. The number of benzene rings is 1. The predicted molar refractivity (Wildman–Crippen MR) is 77.5 cm³/mol. The van der Waals surface area contributed by atoms with Crippen molar-refractivity contribution in [2.75, 3.05) is 0 Å². The van der Waals surface area contributed by atoms with Crippen LogP contribution in [0.2, 0.25) is 0 Å². The molecule has 5 nitrogen and oxygen atoms in total. The first-order valence-corrected chi connectivity index (χ1v) is 7.27. The van der Waals surface area contributed by atoms with Gasteiger partial charge in [0, 0.05) is 23.7 Å². The molecule has 0 spiro atoms. The summed E-state index contributed by atoms with van der Waals surface area (Å²) in [6.45, 7) is 1.92. The van der Waals surface area contributed by atoms with E-state index in [0.29, 0.717) is 5.56 Å². The fourth-order valence-electron chi connectivity index (χ4n) is 2.91. The normalized spacial score (nSPS) is 24.9. The third-order valence-corrected chi connectivity index (χ3v) is 4.04. The second-order valence-corrected chi connectivity index (χ2v) is 5.52. The number of aliphatic hydroxyl groups excluding tert-OH is 1. The summed E-state index contributed by atoms with van der Waals surface area (Å²) in [7, 11) is 0. The molecule has 3 unspecified atom stereocenters. The van der Waals surface area contributed by atoms with Gasteiger partial charge < -0.3 is 10.4 Å². The van der Waals surface area contributed by atoms with E-state index >= 15 is 0 Å². The molecule has 0 aromatic heterocycles. The van der Waals surface area contributed by atoms with Crippen LogP contribution >= 0.6 is 0 Å². The molecule has 0 amide bonds. The van der Waals surface area contributed by atoms with E-state index in [1.54, 1.807) is 12.1 Å². The number of nitro benzene ring substituents is 1. The Hall–Kier alpha value is -1.46. The minimum atomic E-state index is -0.359. The zero-order valence-corrected chi connectivity index (χ0v) is 11.8. The van der Waals surface area contributed by atoms with E-state index in [0.717, 1.165) is 32.1 Å². The molecule has 1 aliphatic carbocycles. The molecule has 1 aromatic rings. The van der Waals surface area contributed by atoms with Gasteiger partial charge >= 0.3 is 0 Å². The summed E-state index contributed by atoms with van der Waals surface area (Å²) in [6.07, 6.45) is 4.67. The van der Waals surface area contributed by atoms with Crippen molar-refractivity contribution in [2.24, 2.45) is 0 Å². The number of para-hydroxylation sites is 1. The van der Waals surface area contributed by atoms with E-state index in [1.165, 1.54) is 6.07 Å². The Bertz CT molecular complexity index is 464. The highest BCUT2D eigenvalue weighted by Gasteiger charge is 2.25. The largest absolute Gasteiger partial charge is 0.392 e.